The smallest absolute Gasteiger partial charge is 0.241 e. The molecule has 11 heavy (non-hydrogen) atoms. The quantitative estimate of drug-likeness (QED) is 0.472. The molecule has 1 rings (SSSR count). The second-order valence-electron chi connectivity index (χ2n) is 1.79. The van der Waals surface area contributed by atoms with E-state index in [4.69, 9.17) is 17.2 Å². The Hall–Kier alpha value is -1.92. The van der Waals surface area contributed by atoms with Crippen molar-refractivity contribution in [2.75, 3.05) is 17.2 Å². The lowest BCUT2D eigenvalue weighted by atomic mass is 10.5. The van der Waals surface area contributed by atoms with Crippen molar-refractivity contribution in [1.82, 2.24) is 9.97 Å². The van der Waals surface area contributed by atoms with Gasteiger partial charge in [0.2, 0.25) is 5.82 Å². The molecule has 7 heteroatoms. The summed E-state index contributed by atoms with van der Waals surface area (Å²) in [5.74, 6) is -0.410. The Morgan fingerprint density at radius 2 is 1.55 bits per heavy atom. The van der Waals surface area contributed by atoms with Gasteiger partial charge in [0.05, 0.1) is 0 Å². The maximum atomic E-state index is 9.96. The van der Waals surface area contributed by atoms with Gasteiger partial charge < -0.3 is 17.2 Å². The average molecular weight is 154 g/mol. The third-order valence-electron chi connectivity index (χ3n) is 1.05. The van der Waals surface area contributed by atoms with Gasteiger partial charge in [0.1, 0.15) is 0 Å². The van der Waals surface area contributed by atoms with E-state index in [0.29, 0.717) is 0 Å². The zero-order chi connectivity index (χ0) is 8.43. The highest BCUT2D eigenvalue weighted by Gasteiger charge is 2.06. The first-order valence-corrected chi connectivity index (χ1v) is 2.67. The van der Waals surface area contributed by atoms with Crippen LogP contribution in [0.15, 0.2) is 5.18 Å². The van der Waals surface area contributed by atoms with Gasteiger partial charge in [-0.3, -0.25) is 0 Å². The first-order chi connectivity index (χ1) is 5.15. The van der Waals surface area contributed by atoms with Crippen LogP contribution in [-0.4, -0.2) is 9.97 Å². The Kier molecular flexibility index (Phi) is 1.55. The highest BCUT2D eigenvalue weighted by molar-refractivity contribution is 5.63. The molecule has 0 spiro atoms. The first kappa shape index (κ1) is 7.19. The number of nitrogen functional groups attached to an aromatic ring is 3. The number of aromatic nitrogens is 2. The normalized spacial score (nSPS) is 9.45. The predicted molar refractivity (Wildman–Crippen MR) is 40.7 cm³/mol. The van der Waals surface area contributed by atoms with E-state index in [2.05, 4.69) is 15.1 Å². The molecule has 0 amide bonds. The largest absolute Gasteiger partial charge is 0.381 e. The molecule has 1 aromatic heterocycles. The summed E-state index contributed by atoms with van der Waals surface area (Å²) in [6.07, 6.45) is 0. The van der Waals surface area contributed by atoms with Gasteiger partial charge >= 0.3 is 0 Å². The van der Waals surface area contributed by atoms with Gasteiger partial charge in [0.15, 0.2) is 17.5 Å². The molecule has 0 aromatic carbocycles. The monoisotopic (exact) mass is 154 g/mol. The molecule has 0 bridgehead atoms. The van der Waals surface area contributed by atoms with Crippen molar-refractivity contribution >= 4 is 23.3 Å². The van der Waals surface area contributed by atoms with Crippen LogP contribution in [0, 0.1) is 4.91 Å². The third-order valence-corrected chi connectivity index (χ3v) is 1.05. The number of hydrogen-bond acceptors (Lipinski definition) is 7. The van der Waals surface area contributed by atoms with Crippen LogP contribution in [0.5, 0.6) is 0 Å². The van der Waals surface area contributed by atoms with Gasteiger partial charge in [0, 0.05) is 0 Å². The molecule has 1 heterocycles. The molecule has 58 valence electrons. The molecular formula is C4H6N6O. The standard InChI is InChI=1S/C4H6N6O/c5-1-2(6)9-4(10-11)3(7)8-1/h(H2,6,9)(H4,5,7,8). The summed E-state index contributed by atoms with van der Waals surface area (Å²) in [4.78, 5) is 17.0. The summed E-state index contributed by atoms with van der Waals surface area (Å²) in [7, 11) is 0. The van der Waals surface area contributed by atoms with Crippen LogP contribution in [0.25, 0.3) is 0 Å². The van der Waals surface area contributed by atoms with Crippen molar-refractivity contribution in [3.8, 4) is 0 Å². The number of nitrogens with two attached hydrogens (primary N) is 3. The molecule has 0 saturated heterocycles. The third kappa shape index (κ3) is 1.16. The number of anilines is 3. The summed E-state index contributed by atoms with van der Waals surface area (Å²) in [6, 6.07) is 0. The fourth-order valence-corrected chi connectivity index (χ4v) is 0.533. The SMILES string of the molecule is Nc1nc(N)c(N=O)nc1N. The second kappa shape index (κ2) is 2.37. The zero-order valence-electron chi connectivity index (χ0n) is 5.48. The summed E-state index contributed by atoms with van der Waals surface area (Å²) < 4.78 is 0. The van der Waals surface area contributed by atoms with Crippen LogP contribution < -0.4 is 17.2 Å². The lowest BCUT2D eigenvalue weighted by molar-refractivity contribution is 1.20. The van der Waals surface area contributed by atoms with Gasteiger partial charge in [-0.25, -0.2) is 9.97 Å². The number of nitroso groups, excluding NO2 is 1. The lowest BCUT2D eigenvalue weighted by Gasteiger charge is -1.99. The molecule has 0 atom stereocenters. The molecular weight excluding hydrogens is 148 g/mol. The molecule has 0 unspecified atom stereocenters. The second-order valence-corrected chi connectivity index (χ2v) is 1.79. The maximum Gasteiger partial charge on any atom is 0.241 e. The molecule has 0 saturated carbocycles. The summed E-state index contributed by atoms with van der Waals surface area (Å²) >= 11 is 0. The van der Waals surface area contributed by atoms with E-state index in [1.54, 1.807) is 0 Å². The topological polar surface area (TPSA) is 133 Å². The van der Waals surface area contributed by atoms with E-state index in [9.17, 15) is 4.91 Å². The molecule has 0 aliphatic heterocycles. The lowest BCUT2D eigenvalue weighted by Crippen LogP contribution is -2.03. The Morgan fingerprint density at radius 1 is 1.00 bits per heavy atom. The van der Waals surface area contributed by atoms with Crippen LogP contribution in [0.1, 0.15) is 0 Å². The Balaban J connectivity index is 3.31. The minimum atomic E-state index is -0.239. The average Bonchev–Trinajstić information content (AvgIpc) is 1.97. The fraction of sp³-hybridized carbons (Fsp3) is 0. The van der Waals surface area contributed by atoms with Crippen molar-refractivity contribution in [2.45, 2.75) is 0 Å². The molecule has 6 N–H and O–H groups in total. The Morgan fingerprint density at radius 3 is 2.09 bits per heavy atom. The van der Waals surface area contributed by atoms with Crippen LogP contribution in [0.3, 0.4) is 0 Å². The highest BCUT2D eigenvalue weighted by atomic mass is 16.3. The van der Waals surface area contributed by atoms with Crippen LogP contribution >= 0.6 is 0 Å². The summed E-state index contributed by atoms with van der Waals surface area (Å²) in [5, 5.41) is 2.49. The number of hydrogen-bond donors (Lipinski definition) is 3. The van der Waals surface area contributed by atoms with Crippen LogP contribution in [-0.2, 0) is 0 Å². The zero-order valence-corrected chi connectivity index (χ0v) is 5.48. The van der Waals surface area contributed by atoms with E-state index >= 15 is 0 Å². The van der Waals surface area contributed by atoms with Crippen molar-refractivity contribution in [3.05, 3.63) is 4.91 Å². The predicted octanol–water partition coefficient (Wildman–Crippen LogP) is -0.379. The molecule has 7 nitrogen and oxygen atoms in total. The van der Waals surface area contributed by atoms with Gasteiger partial charge in [-0.15, -0.1) is 4.91 Å². The van der Waals surface area contributed by atoms with E-state index in [0.717, 1.165) is 0 Å². The van der Waals surface area contributed by atoms with Crippen molar-refractivity contribution < 1.29 is 0 Å². The van der Waals surface area contributed by atoms with E-state index in [1.165, 1.54) is 0 Å². The Bertz CT molecular complexity index is 297. The highest BCUT2D eigenvalue weighted by Crippen LogP contribution is 2.20. The minimum absolute atomic E-state index is 0.00472. The van der Waals surface area contributed by atoms with E-state index in [1.807, 2.05) is 0 Å². The van der Waals surface area contributed by atoms with Crippen LogP contribution in [0.2, 0.25) is 0 Å². The number of rotatable bonds is 1. The molecule has 0 aliphatic carbocycles. The maximum absolute atomic E-state index is 9.96. The van der Waals surface area contributed by atoms with Gasteiger partial charge in [-0.1, -0.05) is 0 Å². The molecule has 0 fully saturated rings. The summed E-state index contributed by atoms with van der Waals surface area (Å²) in [5.41, 5.74) is 15.6. The fourth-order valence-electron chi connectivity index (χ4n) is 0.533. The van der Waals surface area contributed by atoms with Crippen LogP contribution in [0.4, 0.5) is 23.3 Å². The van der Waals surface area contributed by atoms with Crippen molar-refractivity contribution in [1.29, 1.82) is 0 Å². The molecule has 0 radical (unpaired) electrons. The van der Waals surface area contributed by atoms with E-state index < -0.39 is 0 Å². The number of nitrogens with zero attached hydrogens (tertiary/aromatic N) is 3. The van der Waals surface area contributed by atoms with Gasteiger partial charge in [0.25, 0.3) is 0 Å². The van der Waals surface area contributed by atoms with Gasteiger partial charge in [-0.05, 0) is 5.18 Å². The Labute approximate surface area is 61.6 Å². The first-order valence-electron chi connectivity index (χ1n) is 2.67. The molecule has 0 aliphatic rings. The van der Waals surface area contributed by atoms with Crippen molar-refractivity contribution in [2.24, 2.45) is 5.18 Å². The van der Waals surface area contributed by atoms with E-state index in [-0.39, 0.29) is 23.3 Å². The summed E-state index contributed by atoms with van der Waals surface area (Å²) in [6.45, 7) is 0. The molecule has 1 aromatic rings. The minimum Gasteiger partial charge on any atom is -0.381 e. The van der Waals surface area contributed by atoms with Crippen molar-refractivity contribution in [3.63, 3.8) is 0 Å². The van der Waals surface area contributed by atoms with Gasteiger partial charge in [-0.2, -0.15) is 0 Å².